The minimum absolute atomic E-state index is 0.0335. The van der Waals surface area contributed by atoms with Crippen molar-refractivity contribution in [2.24, 2.45) is 0 Å². The van der Waals surface area contributed by atoms with E-state index in [1.54, 1.807) is 6.92 Å². The Morgan fingerprint density at radius 1 is 1.53 bits per heavy atom. The van der Waals surface area contributed by atoms with Gasteiger partial charge in [-0.3, -0.25) is 0 Å². The van der Waals surface area contributed by atoms with Crippen LogP contribution in [0.3, 0.4) is 0 Å². The van der Waals surface area contributed by atoms with Gasteiger partial charge in [0.2, 0.25) is 5.88 Å². The Kier molecular flexibility index (Phi) is 3.43. The Morgan fingerprint density at radius 3 is 2.60 bits per heavy atom. The largest absolute Gasteiger partial charge is 0.574 e. The van der Waals surface area contributed by atoms with Gasteiger partial charge in [0.15, 0.2) is 0 Å². The summed E-state index contributed by atoms with van der Waals surface area (Å²) in [7, 11) is 0. The molecule has 3 nitrogen and oxygen atoms in total. The quantitative estimate of drug-likeness (QED) is 0.850. The minimum atomic E-state index is -4.75. The van der Waals surface area contributed by atoms with Crippen LogP contribution in [0, 0.1) is 6.92 Å². The van der Waals surface area contributed by atoms with Gasteiger partial charge in [0.05, 0.1) is 0 Å². The monoisotopic (exact) mass is 284 g/mol. The first kappa shape index (κ1) is 12.1. The first-order chi connectivity index (χ1) is 6.83. The SMILES string of the molecule is Cc1c(CBr)cc(OC(F)(F)F)nc1N. The lowest BCUT2D eigenvalue weighted by atomic mass is 10.2. The van der Waals surface area contributed by atoms with Crippen molar-refractivity contribution in [3.05, 3.63) is 17.2 Å². The average Bonchev–Trinajstić information content (AvgIpc) is 2.08. The second-order valence-electron chi connectivity index (χ2n) is 2.81. The molecule has 0 aliphatic carbocycles. The van der Waals surface area contributed by atoms with Gasteiger partial charge in [-0.25, -0.2) is 0 Å². The van der Waals surface area contributed by atoms with Gasteiger partial charge in [0, 0.05) is 11.4 Å². The molecule has 15 heavy (non-hydrogen) atoms. The summed E-state index contributed by atoms with van der Waals surface area (Å²) in [4.78, 5) is 3.48. The molecule has 0 saturated carbocycles. The molecule has 2 N–H and O–H groups in total. The Balaban J connectivity index is 3.06. The molecule has 1 aromatic rings. The third-order valence-electron chi connectivity index (χ3n) is 1.76. The number of halogens is 4. The molecule has 0 atom stereocenters. The molecule has 1 heterocycles. The van der Waals surface area contributed by atoms with Gasteiger partial charge in [-0.05, 0) is 18.1 Å². The van der Waals surface area contributed by atoms with E-state index in [4.69, 9.17) is 5.73 Å². The van der Waals surface area contributed by atoms with Crippen molar-refractivity contribution in [1.29, 1.82) is 0 Å². The second-order valence-corrected chi connectivity index (χ2v) is 3.37. The summed E-state index contributed by atoms with van der Waals surface area (Å²) in [6, 6.07) is 1.20. The van der Waals surface area contributed by atoms with Crippen LogP contribution >= 0.6 is 15.9 Å². The average molecular weight is 285 g/mol. The highest BCUT2D eigenvalue weighted by molar-refractivity contribution is 9.08. The first-order valence-corrected chi connectivity index (χ1v) is 5.03. The van der Waals surface area contributed by atoms with E-state index in [-0.39, 0.29) is 5.82 Å². The number of pyridine rings is 1. The summed E-state index contributed by atoms with van der Waals surface area (Å²) in [5, 5.41) is 0.389. The van der Waals surface area contributed by atoms with Gasteiger partial charge < -0.3 is 10.5 Å². The molecule has 0 amide bonds. The maximum Gasteiger partial charge on any atom is 0.574 e. The molecule has 7 heteroatoms. The highest BCUT2D eigenvalue weighted by atomic mass is 79.9. The molecule has 0 spiro atoms. The summed E-state index contributed by atoms with van der Waals surface area (Å²) < 4.78 is 39.4. The molecular weight excluding hydrogens is 277 g/mol. The van der Waals surface area contributed by atoms with Crippen molar-refractivity contribution in [3.8, 4) is 5.88 Å². The van der Waals surface area contributed by atoms with E-state index in [1.165, 1.54) is 6.07 Å². The predicted octanol–water partition coefficient (Wildman–Crippen LogP) is 2.77. The van der Waals surface area contributed by atoms with Crippen LogP contribution in [-0.2, 0) is 5.33 Å². The van der Waals surface area contributed by atoms with Crippen molar-refractivity contribution in [2.45, 2.75) is 18.6 Å². The normalized spacial score (nSPS) is 11.5. The fourth-order valence-corrected chi connectivity index (χ4v) is 1.55. The van der Waals surface area contributed by atoms with Gasteiger partial charge in [-0.1, -0.05) is 15.9 Å². The number of alkyl halides is 4. The lowest BCUT2D eigenvalue weighted by Crippen LogP contribution is -2.18. The zero-order valence-electron chi connectivity index (χ0n) is 7.73. The fourth-order valence-electron chi connectivity index (χ4n) is 0.966. The second kappa shape index (κ2) is 4.26. The Bertz CT molecular complexity index is 368. The molecule has 0 aliphatic rings. The third kappa shape index (κ3) is 3.26. The van der Waals surface area contributed by atoms with Crippen LogP contribution in [0.25, 0.3) is 0 Å². The van der Waals surface area contributed by atoms with Crippen molar-refractivity contribution in [1.82, 2.24) is 4.98 Å². The smallest absolute Gasteiger partial charge is 0.388 e. The molecule has 0 aromatic carbocycles. The maximum atomic E-state index is 11.9. The van der Waals surface area contributed by atoms with E-state index < -0.39 is 12.2 Å². The summed E-state index contributed by atoms with van der Waals surface area (Å²) in [6.45, 7) is 1.68. The van der Waals surface area contributed by atoms with E-state index in [0.717, 1.165) is 0 Å². The van der Waals surface area contributed by atoms with Crippen LogP contribution in [0.1, 0.15) is 11.1 Å². The molecule has 0 bridgehead atoms. The molecule has 0 fully saturated rings. The lowest BCUT2D eigenvalue weighted by molar-refractivity contribution is -0.276. The van der Waals surface area contributed by atoms with Crippen molar-refractivity contribution < 1.29 is 17.9 Å². The molecule has 1 rings (SSSR count). The van der Waals surface area contributed by atoms with E-state index >= 15 is 0 Å². The van der Waals surface area contributed by atoms with Crippen molar-refractivity contribution in [3.63, 3.8) is 0 Å². The Hall–Kier alpha value is -0.980. The number of nitrogens with two attached hydrogens (primary N) is 1. The molecular formula is C8H8BrF3N2O. The fraction of sp³-hybridized carbons (Fsp3) is 0.375. The van der Waals surface area contributed by atoms with Gasteiger partial charge in [0.25, 0.3) is 0 Å². The number of ether oxygens (including phenoxy) is 1. The molecule has 0 unspecified atom stereocenters. The van der Waals surface area contributed by atoms with Crippen molar-refractivity contribution >= 4 is 21.7 Å². The Morgan fingerprint density at radius 2 is 2.13 bits per heavy atom. The highest BCUT2D eigenvalue weighted by Crippen LogP contribution is 2.26. The van der Waals surface area contributed by atoms with Crippen LogP contribution in [0.4, 0.5) is 19.0 Å². The van der Waals surface area contributed by atoms with E-state index in [1.807, 2.05) is 0 Å². The maximum absolute atomic E-state index is 11.9. The highest BCUT2D eigenvalue weighted by Gasteiger charge is 2.32. The summed E-state index contributed by atoms with van der Waals surface area (Å²) >= 11 is 3.14. The molecule has 0 radical (unpaired) electrons. The first-order valence-electron chi connectivity index (χ1n) is 3.91. The number of hydrogen-bond acceptors (Lipinski definition) is 3. The summed E-state index contributed by atoms with van der Waals surface area (Å²) in [6.07, 6.45) is -4.75. The number of hydrogen-bond donors (Lipinski definition) is 1. The Labute approximate surface area is 92.6 Å². The zero-order valence-corrected chi connectivity index (χ0v) is 9.32. The minimum Gasteiger partial charge on any atom is -0.388 e. The van der Waals surface area contributed by atoms with Gasteiger partial charge >= 0.3 is 6.36 Å². The van der Waals surface area contributed by atoms with E-state index in [0.29, 0.717) is 16.5 Å². The number of aromatic nitrogens is 1. The van der Waals surface area contributed by atoms with Crippen molar-refractivity contribution in [2.75, 3.05) is 5.73 Å². The zero-order chi connectivity index (χ0) is 11.6. The van der Waals surface area contributed by atoms with Crippen LogP contribution in [0.15, 0.2) is 6.07 Å². The third-order valence-corrected chi connectivity index (χ3v) is 2.36. The van der Waals surface area contributed by atoms with Crippen LogP contribution in [-0.4, -0.2) is 11.3 Å². The number of anilines is 1. The van der Waals surface area contributed by atoms with E-state index in [9.17, 15) is 13.2 Å². The van der Waals surface area contributed by atoms with E-state index in [2.05, 4.69) is 25.7 Å². The van der Waals surface area contributed by atoms with Crippen LogP contribution < -0.4 is 10.5 Å². The predicted molar refractivity (Wildman–Crippen MR) is 52.7 cm³/mol. The molecule has 84 valence electrons. The van der Waals surface area contributed by atoms with Crippen LogP contribution in [0.5, 0.6) is 5.88 Å². The lowest BCUT2D eigenvalue weighted by Gasteiger charge is -2.11. The van der Waals surface area contributed by atoms with Gasteiger partial charge in [-0.15, -0.1) is 13.2 Å². The van der Waals surface area contributed by atoms with Crippen LogP contribution in [0.2, 0.25) is 0 Å². The standard InChI is InChI=1S/C8H8BrF3N2O/c1-4-5(3-9)2-6(14-7(4)13)15-8(10,11)12/h2H,3H2,1H3,(H2,13,14). The number of rotatable bonds is 2. The number of nitrogens with zero attached hydrogens (tertiary/aromatic N) is 1. The summed E-state index contributed by atoms with van der Waals surface area (Å²) in [5.74, 6) is -0.508. The topological polar surface area (TPSA) is 48.1 Å². The molecule has 0 saturated heterocycles. The van der Waals surface area contributed by atoms with Gasteiger partial charge in [0.1, 0.15) is 5.82 Å². The molecule has 1 aromatic heterocycles. The number of nitrogen functional groups attached to an aromatic ring is 1. The van der Waals surface area contributed by atoms with Gasteiger partial charge in [-0.2, -0.15) is 4.98 Å². The summed E-state index contributed by atoms with van der Waals surface area (Å²) in [5.41, 5.74) is 6.69. The molecule has 0 aliphatic heterocycles.